The van der Waals surface area contributed by atoms with Crippen LogP contribution in [0.3, 0.4) is 0 Å². The van der Waals surface area contributed by atoms with Crippen molar-refractivity contribution in [1.82, 2.24) is 16.0 Å². The average Bonchev–Trinajstić information content (AvgIpc) is 2.37. The molecule has 1 amide bonds. The summed E-state index contributed by atoms with van der Waals surface area (Å²) in [6.45, 7) is 6.44. The highest BCUT2D eigenvalue weighted by Gasteiger charge is 2.38. The first-order valence-corrected chi connectivity index (χ1v) is 8.47. The van der Waals surface area contributed by atoms with Crippen molar-refractivity contribution >= 4 is 5.91 Å². The van der Waals surface area contributed by atoms with Gasteiger partial charge < -0.3 is 20.5 Å². The summed E-state index contributed by atoms with van der Waals surface area (Å²) in [7, 11) is 1.90. The molecular formula is C16H31N3O3. The first-order valence-electron chi connectivity index (χ1n) is 8.47. The number of carbonyl (C=O) groups excluding carboxylic acids is 1. The molecule has 22 heavy (non-hydrogen) atoms. The van der Waals surface area contributed by atoms with Crippen molar-refractivity contribution in [3.05, 3.63) is 0 Å². The molecule has 0 radical (unpaired) electrons. The van der Waals surface area contributed by atoms with E-state index in [0.29, 0.717) is 25.4 Å². The number of rotatable bonds is 9. The van der Waals surface area contributed by atoms with E-state index < -0.39 is 0 Å². The van der Waals surface area contributed by atoms with E-state index in [1.807, 2.05) is 20.9 Å². The molecule has 6 heteroatoms. The molecule has 2 rings (SSSR count). The van der Waals surface area contributed by atoms with Crippen LogP contribution in [0.1, 0.15) is 33.1 Å². The number of hydrogen-bond donors (Lipinski definition) is 4. The maximum Gasteiger partial charge on any atom is 0.225 e. The molecule has 128 valence electrons. The molecule has 0 aromatic heterocycles. The Kier molecular flexibility index (Phi) is 6.62. The molecule has 1 heterocycles. The Labute approximate surface area is 133 Å². The van der Waals surface area contributed by atoms with Crippen molar-refractivity contribution in [2.45, 2.75) is 51.5 Å². The third kappa shape index (κ3) is 4.91. The predicted molar refractivity (Wildman–Crippen MR) is 85.3 cm³/mol. The van der Waals surface area contributed by atoms with E-state index in [-0.39, 0.29) is 36.1 Å². The molecule has 1 aliphatic heterocycles. The lowest BCUT2D eigenvalue weighted by molar-refractivity contribution is -0.135. The van der Waals surface area contributed by atoms with Gasteiger partial charge in [0.1, 0.15) is 6.23 Å². The van der Waals surface area contributed by atoms with Gasteiger partial charge in [-0.1, -0.05) is 0 Å². The minimum atomic E-state index is -0.250. The van der Waals surface area contributed by atoms with Crippen LogP contribution in [0, 0.1) is 17.8 Å². The molecule has 0 spiro atoms. The third-order valence-electron chi connectivity index (χ3n) is 4.70. The van der Waals surface area contributed by atoms with Gasteiger partial charge in [0.25, 0.3) is 0 Å². The van der Waals surface area contributed by atoms with Crippen LogP contribution >= 0.6 is 0 Å². The summed E-state index contributed by atoms with van der Waals surface area (Å²) in [5, 5.41) is 19.0. The third-order valence-corrected chi connectivity index (χ3v) is 4.70. The Morgan fingerprint density at radius 2 is 2.05 bits per heavy atom. The number of ether oxygens (including phenoxy) is 1. The summed E-state index contributed by atoms with van der Waals surface area (Å²) >= 11 is 0. The summed E-state index contributed by atoms with van der Waals surface area (Å²) < 4.78 is 5.97. The van der Waals surface area contributed by atoms with Gasteiger partial charge in [-0.15, -0.1) is 0 Å². The van der Waals surface area contributed by atoms with Crippen LogP contribution < -0.4 is 16.0 Å². The maximum atomic E-state index is 12.4. The Hall–Kier alpha value is -0.690. The van der Waals surface area contributed by atoms with Gasteiger partial charge in [0.05, 0.1) is 18.6 Å². The predicted octanol–water partition coefficient (Wildman–Crippen LogP) is 0.0697. The van der Waals surface area contributed by atoms with Crippen molar-refractivity contribution in [1.29, 1.82) is 0 Å². The largest absolute Gasteiger partial charge is 0.393 e. The van der Waals surface area contributed by atoms with E-state index in [1.54, 1.807) is 0 Å². The van der Waals surface area contributed by atoms with E-state index in [0.717, 1.165) is 19.5 Å². The summed E-state index contributed by atoms with van der Waals surface area (Å²) in [4.78, 5) is 12.4. The van der Waals surface area contributed by atoms with Crippen LogP contribution in [0.2, 0.25) is 0 Å². The lowest BCUT2D eigenvalue weighted by Gasteiger charge is -2.38. The molecule has 0 aromatic carbocycles. The molecule has 0 bridgehead atoms. The lowest BCUT2D eigenvalue weighted by Crippen LogP contribution is -2.48. The van der Waals surface area contributed by atoms with Crippen LogP contribution in [0.15, 0.2) is 0 Å². The second-order valence-corrected chi connectivity index (χ2v) is 7.03. The minimum absolute atomic E-state index is 0.00792. The Bertz CT molecular complexity index is 355. The molecule has 1 aliphatic carbocycles. The smallest absolute Gasteiger partial charge is 0.225 e. The van der Waals surface area contributed by atoms with E-state index in [4.69, 9.17) is 4.74 Å². The van der Waals surface area contributed by atoms with Crippen molar-refractivity contribution in [3.8, 4) is 0 Å². The van der Waals surface area contributed by atoms with E-state index in [9.17, 15) is 9.90 Å². The zero-order valence-electron chi connectivity index (χ0n) is 14.0. The molecule has 6 nitrogen and oxygen atoms in total. The topological polar surface area (TPSA) is 82.6 Å². The molecule has 1 saturated heterocycles. The number of aliphatic hydroxyl groups is 1. The van der Waals surface area contributed by atoms with Gasteiger partial charge in [0.15, 0.2) is 0 Å². The quantitative estimate of drug-likeness (QED) is 0.453. The molecule has 2 fully saturated rings. The molecule has 2 unspecified atom stereocenters. The van der Waals surface area contributed by atoms with Gasteiger partial charge in [-0.05, 0) is 65.1 Å². The number of aliphatic hydroxyl groups excluding tert-OH is 1. The van der Waals surface area contributed by atoms with E-state index >= 15 is 0 Å². The van der Waals surface area contributed by atoms with Crippen LogP contribution in [-0.4, -0.2) is 56.1 Å². The van der Waals surface area contributed by atoms with Gasteiger partial charge in [0.2, 0.25) is 5.91 Å². The molecule has 4 N–H and O–H groups in total. The summed E-state index contributed by atoms with van der Waals surface area (Å²) in [6.07, 6.45) is 2.12. The molecule has 0 aromatic rings. The Morgan fingerprint density at radius 1 is 1.36 bits per heavy atom. The zero-order chi connectivity index (χ0) is 16.1. The normalized spacial score (nSPS) is 27.9. The van der Waals surface area contributed by atoms with Crippen molar-refractivity contribution < 1.29 is 14.6 Å². The lowest BCUT2D eigenvalue weighted by atomic mass is 9.73. The SMILES string of the molecule is CNC(CC1CNC1)OCC(C(=O)NC(C)C)C1CC(O)C1. The molecule has 2 atom stereocenters. The van der Waals surface area contributed by atoms with Crippen LogP contribution in [0.4, 0.5) is 0 Å². The second kappa shape index (κ2) is 8.24. The van der Waals surface area contributed by atoms with Gasteiger partial charge >= 0.3 is 0 Å². The fourth-order valence-corrected chi connectivity index (χ4v) is 3.08. The summed E-state index contributed by atoms with van der Waals surface area (Å²) in [5.41, 5.74) is 0. The van der Waals surface area contributed by atoms with Crippen molar-refractivity contribution in [2.75, 3.05) is 26.7 Å². The monoisotopic (exact) mass is 313 g/mol. The number of carbonyl (C=O) groups is 1. The standard InChI is InChI=1S/C16H31N3O3/c1-10(2)19-16(21)14(12-5-13(20)6-12)9-22-15(17-3)4-11-7-18-8-11/h10-15,17-18,20H,4-9H2,1-3H3,(H,19,21). The van der Waals surface area contributed by atoms with Gasteiger partial charge in [-0.3, -0.25) is 10.1 Å². The van der Waals surface area contributed by atoms with Gasteiger partial charge in [0, 0.05) is 6.04 Å². The average molecular weight is 313 g/mol. The van der Waals surface area contributed by atoms with Crippen LogP contribution in [0.25, 0.3) is 0 Å². The highest BCUT2D eigenvalue weighted by Crippen LogP contribution is 2.34. The Morgan fingerprint density at radius 3 is 2.50 bits per heavy atom. The summed E-state index contributed by atoms with van der Waals surface area (Å²) in [5.74, 6) is 0.774. The fraction of sp³-hybridized carbons (Fsp3) is 0.938. The second-order valence-electron chi connectivity index (χ2n) is 7.03. The van der Waals surface area contributed by atoms with E-state index in [1.165, 1.54) is 0 Å². The highest BCUT2D eigenvalue weighted by molar-refractivity contribution is 5.79. The van der Waals surface area contributed by atoms with Gasteiger partial charge in [-0.25, -0.2) is 0 Å². The van der Waals surface area contributed by atoms with Crippen LogP contribution in [0.5, 0.6) is 0 Å². The molecule has 2 aliphatic rings. The molecule has 1 saturated carbocycles. The number of nitrogens with one attached hydrogen (secondary N) is 3. The maximum absolute atomic E-state index is 12.4. The zero-order valence-corrected chi connectivity index (χ0v) is 14.0. The van der Waals surface area contributed by atoms with Crippen LogP contribution in [-0.2, 0) is 9.53 Å². The fourth-order valence-electron chi connectivity index (χ4n) is 3.08. The summed E-state index contributed by atoms with van der Waals surface area (Å²) in [6, 6.07) is 0.126. The highest BCUT2D eigenvalue weighted by atomic mass is 16.5. The van der Waals surface area contributed by atoms with Gasteiger partial charge in [-0.2, -0.15) is 0 Å². The Balaban J connectivity index is 1.83. The van der Waals surface area contributed by atoms with E-state index in [2.05, 4.69) is 16.0 Å². The first kappa shape index (κ1) is 17.7. The van der Waals surface area contributed by atoms with Crippen molar-refractivity contribution in [2.24, 2.45) is 17.8 Å². The molecular weight excluding hydrogens is 282 g/mol. The number of amides is 1. The number of hydrogen-bond acceptors (Lipinski definition) is 5. The minimum Gasteiger partial charge on any atom is -0.393 e. The first-order chi connectivity index (χ1) is 10.5. The van der Waals surface area contributed by atoms with Crippen molar-refractivity contribution in [3.63, 3.8) is 0 Å².